The largest absolute Gasteiger partial charge is 0.503 e. The number of nitrogens with zero attached hydrogens (tertiary/aromatic N) is 2. The van der Waals surface area contributed by atoms with E-state index in [4.69, 9.17) is 16.7 Å². The van der Waals surface area contributed by atoms with Gasteiger partial charge in [0.05, 0.1) is 13.0 Å². The molecule has 0 fully saturated rings. The van der Waals surface area contributed by atoms with Crippen molar-refractivity contribution in [1.29, 1.82) is 0 Å². The van der Waals surface area contributed by atoms with Crippen molar-refractivity contribution in [3.8, 4) is 5.75 Å². The second kappa shape index (κ2) is 6.45. The molecule has 0 aliphatic carbocycles. The number of aliphatic carboxylic acids is 1. The molecule has 8 heteroatoms. The number of carboxylic acids is 1. The normalized spacial score (nSPS) is 10.9. The van der Waals surface area contributed by atoms with Crippen molar-refractivity contribution in [2.45, 2.75) is 13.0 Å². The number of halogens is 1. The van der Waals surface area contributed by atoms with Crippen molar-refractivity contribution in [1.82, 2.24) is 8.97 Å². The summed E-state index contributed by atoms with van der Waals surface area (Å²) in [6.07, 6.45) is 3.67. The number of aromatic hydroxyl groups is 1. The van der Waals surface area contributed by atoms with E-state index in [1.54, 1.807) is 24.3 Å². The van der Waals surface area contributed by atoms with E-state index < -0.39 is 29.1 Å². The molecule has 2 heterocycles. The minimum atomic E-state index is -1.20. The number of carboxylic acid groups (broad SMARTS) is 1. The first-order valence-electron chi connectivity index (χ1n) is 7.29. The summed E-state index contributed by atoms with van der Waals surface area (Å²) in [4.78, 5) is 35.5. The molecule has 3 aromatic rings. The van der Waals surface area contributed by atoms with Crippen LogP contribution in [0.2, 0.25) is 5.02 Å². The number of hydrogen-bond acceptors (Lipinski definition) is 4. The Morgan fingerprint density at radius 1 is 1.20 bits per heavy atom. The van der Waals surface area contributed by atoms with Gasteiger partial charge in [-0.1, -0.05) is 23.7 Å². The first-order valence-corrected chi connectivity index (χ1v) is 7.67. The summed E-state index contributed by atoms with van der Waals surface area (Å²) in [5, 5.41) is 19.5. The Morgan fingerprint density at radius 2 is 1.96 bits per heavy atom. The van der Waals surface area contributed by atoms with E-state index >= 15 is 0 Å². The lowest BCUT2D eigenvalue weighted by molar-refractivity contribution is -0.136. The molecule has 0 saturated heterocycles. The predicted molar refractivity (Wildman–Crippen MR) is 91.5 cm³/mol. The summed E-state index contributed by atoms with van der Waals surface area (Å²) in [5.74, 6) is -1.96. The lowest BCUT2D eigenvalue weighted by Crippen LogP contribution is -2.25. The zero-order valence-electron chi connectivity index (χ0n) is 12.8. The molecule has 2 aromatic heterocycles. The highest BCUT2D eigenvalue weighted by molar-refractivity contribution is 6.30. The quantitative estimate of drug-likeness (QED) is 0.734. The van der Waals surface area contributed by atoms with Crippen LogP contribution in [0.3, 0.4) is 0 Å². The molecule has 0 atom stereocenters. The molecule has 25 heavy (non-hydrogen) atoms. The maximum atomic E-state index is 12.6. The third-order valence-corrected chi connectivity index (χ3v) is 3.97. The molecule has 128 valence electrons. The molecule has 0 amide bonds. The van der Waals surface area contributed by atoms with Gasteiger partial charge >= 0.3 is 5.97 Å². The fraction of sp³-hybridized carbons (Fsp3) is 0.118. The molecule has 7 nitrogen and oxygen atoms in total. The molecule has 0 radical (unpaired) electrons. The van der Waals surface area contributed by atoms with Crippen molar-refractivity contribution >= 4 is 23.1 Å². The van der Waals surface area contributed by atoms with Crippen molar-refractivity contribution < 1.29 is 15.0 Å². The van der Waals surface area contributed by atoms with Crippen molar-refractivity contribution in [3.05, 3.63) is 79.6 Å². The van der Waals surface area contributed by atoms with E-state index in [0.29, 0.717) is 5.02 Å². The standard InChI is InChI=1S/C17H13ClN2O5/c18-12-3-1-2-10(6-12)8-20-5-4-19-9-11(7-13(21)22)15(23)16(24)14(19)17(20)25/h1-6,9,24H,7-8H2,(H,21,22). The van der Waals surface area contributed by atoms with E-state index in [0.717, 1.165) is 5.56 Å². The van der Waals surface area contributed by atoms with Crippen LogP contribution in [0, 0.1) is 0 Å². The topological polar surface area (TPSA) is 101 Å². The molecule has 0 spiro atoms. The summed E-state index contributed by atoms with van der Waals surface area (Å²) in [5.41, 5.74) is -0.958. The van der Waals surface area contributed by atoms with E-state index in [1.165, 1.54) is 27.6 Å². The minimum Gasteiger partial charge on any atom is -0.503 e. The summed E-state index contributed by atoms with van der Waals surface area (Å²) in [7, 11) is 0. The fourth-order valence-electron chi connectivity index (χ4n) is 2.60. The third-order valence-electron chi connectivity index (χ3n) is 3.74. The molecule has 2 N–H and O–H groups in total. The van der Waals surface area contributed by atoms with Gasteiger partial charge in [-0.3, -0.25) is 14.4 Å². The Morgan fingerprint density at radius 3 is 2.64 bits per heavy atom. The highest BCUT2D eigenvalue weighted by Gasteiger charge is 2.16. The summed E-state index contributed by atoms with van der Waals surface area (Å²) < 4.78 is 2.59. The summed E-state index contributed by atoms with van der Waals surface area (Å²) in [6.45, 7) is 0.209. The number of pyridine rings is 1. The third kappa shape index (κ3) is 3.27. The monoisotopic (exact) mass is 360 g/mol. The average molecular weight is 361 g/mol. The second-order valence-corrected chi connectivity index (χ2v) is 5.96. The van der Waals surface area contributed by atoms with Crippen LogP contribution in [-0.4, -0.2) is 25.2 Å². The van der Waals surface area contributed by atoms with Gasteiger partial charge in [0.25, 0.3) is 5.56 Å². The van der Waals surface area contributed by atoms with Crippen molar-refractivity contribution in [2.75, 3.05) is 0 Å². The van der Waals surface area contributed by atoms with Crippen LogP contribution in [0.5, 0.6) is 5.75 Å². The molecule has 0 unspecified atom stereocenters. The molecule has 0 saturated carbocycles. The number of aromatic nitrogens is 2. The zero-order chi connectivity index (χ0) is 18.1. The van der Waals surface area contributed by atoms with E-state index in [1.807, 2.05) is 0 Å². The number of hydrogen-bond donors (Lipinski definition) is 2. The molecule has 0 aliphatic rings. The molecule has 3 rings (SSSR count). The smallest absolute Gasteiger partial charge is 0.308 e. The molecular weight excluding hydrogens is 348 g/mol. The van der Waals surface area contributed by atoms with Gasteiger partial charge in [-0.2, -0.15) is 0 Å². The maximum absolute atomic E-state index is 12.6. The molecule has 1 aromatic carbocycles. The van der Waals surface area contributed by atoms with Gasteiger partial charge in [0.1, 0.15) is 0 Å². The lowest BCUT2D eigenvalue weighted by atomic mass is 10.1. The van der Waals surface area contributed by atoms with E-state index in [2.05, 4.69) is 0 Å². The highest BCUT2D eigenvalue weighted by Crippen LogP contribution is 2.14. The molecule has 0 bridgehead atoms. The molecular formula is C17H13ClN2O5. The molecule has 0 aliphatic heterocycles. The van der Waals surface area contributed by atoms with Gasteiger partial charge in [0.15, 0.2) is 11.3 Å². The van der Waals surface area contributed by atoms with Crippen LogP contribution in [0.4, 0.5) is 0 Å². The van der Waals surface area contributed by atoms with Crippen LogP contribution in [0.1, 0.15) is 11.1 Å². The van der Waals surface area contributed by atoms with E-state index in [-0.39, 0.29) is 17.6 Å². The average Bonchev–Trinajstić information content (AvgIpc) is 2.54. The number of fused-ring (bicyclic) bond motifs is 1. The summed E-state index contributed by atoms with van der Waals surface area (Å²) >= 11 is 5.93. The van der Waals surface area contributed by atoms with Crippen LogP contribution in [-0.2, 0) is 17.8 Å². The van der Waals surface area contributed by atoms with Crippen LogP contribution in [0.15, 0.2) is 52.4 Å². The van der Waals surface area contributed by atoms with Crippen LogP contribution in [0.25, 0.3) is 5.52 Å². The Balaban J connectivity index is 2.14. The first-order chi connectivity index (χ1) is 11.9. The Labute approximate surface area is 146 Å². The van der Waals surface area contributed by atoms with E-state index in [9.17, 15) is 19.5 Å². The van der Waals surface area contributed by atoms with Crippen molar-refractivity contribution in [3.63, 3.8) is 0 Å². The number of carbonyl (C=O) groups is 1. The van der Waals surface area contributed by atoms with Gasteiger partial charge in [0.2, 0.25) is 5.43 Å². The van der Waals surface area contributed by atoms with Gasteiger partial charge in [-0.25, -0.2) is 0 Å². The second-order valence-electron chi connectivity index (χ2n) is 5.52. The maximum Gasteiger partial charge on any atom is 0.308 e. The van der Waals surface area contributed by atoms with Crippen LogP contribution >= 0.6 is 11.6 Å². The Kier molecular flexibility index (Phi) is 4.33. The van der Waals surface area contributed by atoms with Gasteiger partial charge in [-0.05, 0) is 17.7 Å². The van der Waals surface area contributed by atoms with Gasteiger partial charge in [0, 0.05) is 29.2 Å². The van der Waals surface area contributed by atoms with Crippen molar-refractivity contribution in [2.24, 2.45) is 0 Å². The summed E-state index contributed by atoms with van der Waals surface area (Å²) in [6, 6.07) is 6.97. The SMILES string of the molecule is O=C(O)Cc1cn2ccn(Cc3cccc(Cl)c3)c(=O)c2c(O)c1=O. The van der Waals surface area contributed by atoms with Gasteiger partial charge in [-0.15, -0.1) is 0 Å². The Bertz CT molecular complexity index is 1100. The Hall–Kier alpha value is -3.06. The van der Waals surface area contributed by atoms with Crippen LogP contribution < -0.4 is 11.0 Å². The van der Waals surface area contributed by atoms with Gasteiger partial charge < -0.3 is 19.2 Å². The minimum absolute atomic E-state index is 0.102. The predicted octanol–water partition coefficient (Wildman–Crippen LogP) is 1.50. The zero-order valence-corrected chi connectivity index (χ0v) is 13.6. The highest BCUT2D eigenvalue weighted by atomic mass is 35.5. The number of rotatable bonds is 4. The lowest BCUT2D eigenvalue weighted by Gasteiger charge is -2.10. The first kappa shape index (κ1) is 16.8. The number of benzene rings is 1. The fourth-order valence-corrected chi connectivity index (χ4v) is 2.82.